The van der Waals surface area contributed by atoms with E-state index in [-0.39, 0.29) is 16.5 Å². The molecule has 1 atom stereocenters. The lowest BCUT2D eigenvalue weighted by atomic mass is 10.0. The van der Waals surface area contributed by atoms with Crippen LogP contribution >= 0.6 is 11.6 Å². The van der Waals surface area contributed by atoms with E-state index < -0.39 is 27.8 Å². The predicted octanol–water partition coefficient (Wildman–Crippen LogP) is 2.53. The summed E-state index contributed by atoms with van der Waals surface area (Å²) in [5.41, 5.74) is 0.611. The highest BCUT2D eigenvalue weighted by molar-refractivity contribution is 7.89. The van der Waals surface area contributed by atoms with E-state index in [0.717, 1.165) is 0 Å². The number of hydrogen-bond acceptors (Lipinski definition) is 5. The normalized spacial score (nSPS) is 16.3. The molecule has 7 nitrogen and oxygen atoms in total. The Hall–Kier alpha value is -2.04. The lowest BCUT2D eigenvalue weighted by Crippen LogP contribution is -2.40. The smallest absolute Gasteiger partial charge is 0.251 e. The zero-order chi connectivity index (χ0) is 22.6. The molecule has 1 amide bonds. The first-order chi connectivity index (χ1) is 14.7. The fourth-order valence-corrected chi connectivity index (χ4v) is 5.07. The van der Waals surface area contributed by atoms with Crippen molar-refractivity contribution in [3.8, 4) is 0 Å². The molecule has 0 aromatic heterocycles. The fraction of sp³-hybridized carbons (Fsp3) is 0.381. The molecule has 1 saturated heterocycles. The molecule has 0 saturated carbocycles. The molecule has 10 heteroatoms. The maximum absolute atomic E-state index is 14.3. The average Bonchev–Trinajstić information content (AvgIpc) is 2.76. The zero-order valence-corrected chi connectivity index (χ0v) is 18.9. The van der Waals surface area contributed by atoms with Gasteiger partial charge >= 0.3 is 0 Å². The molecule has 1 fully saturated rings. The summed E-state index contributed by atoms with van der Waals surface area (Å²) in [6, 6.07) is 9.73. The Morgan fingerprint density at radius 1 is 1.19 bits per heavy atom. The number of nitrogens with zero attached hydrogens (tertiary/aromatic N) is 2. The molecular weight excluding hydrogens is 445 g/mol. The summed E-state index contributed by atoms with van der Waals surface area (Å²) in [4.78, 5) is 14.5. The quantitative estimate of drug-likeness (QED) is 0.674. The highest BCUT2D eigenvalue weighted by Crippen LogP contribution is 2.28. The van der Waals surface area contributed by atoms with Gasteiger partial charge in [-0.2, -0.15) is 4.31 Å². The minimum absolute atomic E-state index is 0.121. The van der Waals surface area contributed by atoms with E-state index in [4.69, 9.17) is 16.3 Å². The number of carbonyl (C=O) groups is 1. The highest BCUT2D eigenvalue weighted by atomic mass is 35.5. The van der Waals surface area contributed by atoms with E-state index in [0.29, 0.717) is 37.4 Å². The highest BCUT2D eigenvalue weighted by Gasteiger charge is 2.26. The summed E-state index contributed by atoms with van der Waals surface area (Å²) in [5, 5.41) is 3.06. The van der Waals surface area contributed by atoms with Gasteiger partial charge in [0.2, 0.25) is 10.0 Å². The molecule has 31 heavy (non-hydrogen) atoms. The van der Waals surface area contributed by atoms with Gasteiger partial charge in [0.15, 0.2) is 0 Å². The molecule has 168 valence electrons. The standard InChI is InChI=1S/C21H25ClFN3O4S/c1-25(2)19(20-17(22)4-3-5-18(20)23)14-24-21(27)15-6-8-16(9-7-15)31(28,29)26-10-12-30-13-11-26/h3-9,19H,10-14H2,1-2H3,(H,24,27). The molecule has 0 radical (unpaired) electrons. The number of morpholine rings is 1. The Balaban J connectivity index is 1.70. The Kier molecular flexibility index (Phi) is 7.66. The van der Waals surface area contributed by atoms with Gasteiger partial charge in [0.25, 0.3) is 5.91 Å². The van der Waals surface area contributed by atoms with E-state index in [9.17, 15) is 17.6 Å². The zero-order valence-electron chi connectivity index (χ0n) is 17.3. The van der Waals surface area contributed by atoms with Gasteiger partial charge in [-0.25, -0.2) is 12.8 Å². The van der Waals surface area contributed by atoms with E-state index >= 15 is 0 Å². The van der Waals surface area contributed by atoms with E-state index in [1.165, 1.54) is 40.7 Å². The van der Waals surface area contributed by atoms with Crippen LogP contribution in [0, 0.1) is 5.82 Å². The van der Waals surface area contributed by atoms with Crippen molar-refractivity contribution in [3.05, 3.63) is 64.4 Å². The molecule has 2 aromatic rings. The summed E-state index contributed by atoms with van der Waals surface area (Å²) in [5.74, 6) is -0.840. The number of halogens is 2. The average molecular weight is 470 g/mol. The lowest BCUT2D eigenvalue weighted by molar-refractivity contribution is 0.0730. The van der Waals surface area contributed by atoms with E-state index in [1.54, 1.807) is 25.1 Å². The van der Waals surface area contributed by atoms with Crippen molar-refractivity contribution in [3.63, 3.8) is 0 Å². The van der Waals surface area contributed by atoms with Gasteiger partial charge in [0, 0.05) is 35.8 Å². The number of benzene rings is 2. The predicted molar refractivity (Wildman–Crippen MR) is 116 cm³/mol. The Morgan fingerprint density at radius 2 is 1.84 bits per heavy atom. The first-order valence-electron chi connectivity index (χ1n) is 9.78. The van der Waals surface area contributed by atoms with Gasteiger partial charge in [-0.15, -0.1) is 0 Å². The number of nitrogens with one attached hydrogen (secondary N) is 1. The first-order valence-corrected chi connectivity index (χ1v) is 11.6. The lowest BCUT2D eigenvalue weighted by Gasteiger charge is -2.26. The molecule has 3 rings (SSSR count). The molecule has 1 unspecified atom stereocenters. The van der Waals surface area contributed by atoms with Gasteiger partial charge in [0.1, 0.15) is 5.82 Å². The van der Waals surface area contributed by atoms with E-state index in [2.05, 4.69) is 5.32 Å². The molecular formula is C21H25ClFN3O4S. The SMILES string of the molecule is CN(C)C(CNC(=O)c1ccc(S(=O)(=O)N2CCOCC2)cc1)c1c(F)cccc1Cl. The molecule has 1 N–H and O–H groups in total. The summed E-state index contributed by atoms with van der Waals surface area (Å²) < 4.78 is 46.3. The van der Waals surface area contributed by atoms with Gasteiger partial charge in [-0.3, -0.25) is 4.79 Å². The summed E-state index contributed by atoms with van der Waals surface area (Å²) >= 11 is 6.18. The van der Waals surface area contributed by atoms with Crippen molar-refractivity contribution in [2.75, 3.05) is 46.9 Å². The Morgan fingerprint density at radius 3 is 2.42 bits per heavy atom. The fourth-order valence-electron chi connectivity index (χ4n) is 3.38. The van der Waals surface area contributed by atoms with Crippen LogP contribution in [0.4, 0.5) is 4.39 Å². The van der Waals surface area contributed by atoms with Crippen LogP contribution in [0.5, 0.6) is 0 Å². The second-order valence-electron chi connectivity index (χ2n) is 7.37. The molecule has 0 aliphatic carbocycles. The number of sulfonamides is 1. The van der Waals surface area contributed by atoms with Crippen LogP contribution in [-0.4, -0.2) is 70.5 Å². The minimum Gasteiger partial charge on any atom is -0.379 e. The van der Waals surface area contributed by atoms with Gasteiger partial charge < -0.3 is 15.0 Å². The largest absolute Gasteiger partial charge is 0.379 e. The third kappa shape index (κ3) is 5.42. The van der Waals surface area contributed by atoms with Gasteiger partial charge in [-0.05, 0) is 50.5 Å². The summed E-state index contributed by atoms with van der Waals surface area (Å²) in [6.45, 7) is 1.45. The van der Waals surface area contributed by atoms with Crippen LogP contribution < -0.4 is 5.32 Å². The maximum atomic E-state index is 14.3. The minimum atomic E-state index is -3.63. The van der Waals surface area contributed by atoms with Crippen LogP contribution in [0.25, 0.3) is 0 Å². The molecule has 2 aromatic carbocycles. The topological polar surface area (TPSA) is 79.0 Å². The second kappa shape index (κ2) is 10.1. The number of rotatable bonds is 7. The number of likely N-dealkylation sites (N-methyl/N-ethyl adjacent to an activating group) is 1. The van der Waals surface area contributed by atoms with Crippen LogP contribution in [0.2, 0.25) is 5.02 Å². The van der Waals surface area contributed by atoms with Crippen molar-refractivity contribution in [2.45, 2.75) is 10.9 Å². The summed E-state index contributed by atoms with van der Waals surface area (Å²) in [7, 11) is -0.0909. The van der Waals surface area contributed by atoms with Crippen molar-refractivity contribution >= 4 is 27.5 Å². The molecule has 0 bridgehead atoms. The van der Waals surface area contributed by atoms with Gasteiger partial charge in [0.05, 0.1) is 24.2 Å². The summed E-state index contributed by atoms with van der Waals surface area (Å²) in [6.07, 6.45) is 0. The number of ether oxygens (including phenoxy) is 1. The number of carbonyl (C=O) groups excluding carboxylic acids is 1. The third-order valence-electron chi connectivity index (χ3n) is 5.14. The van der Waals surface area contributed by atoms with Crippen molar-refractivity contribution in [1.29, 1.82) is 0 Å². The Labute approximate surface area is 186 Å². The van der Waals surface area contributed by atoms with Crippen LogP contribution in [-0.2, 0) is 14.8 Å². The van der Waals surface area contributed by atoms with Crippen LogP contribution in [0.15, 0.2) is 47.4 Å². The Bertz CT molecular complexity index is 1010. The molecule has 1 aliphatic heterocycles. The maximum Gasteiger partial charge on any atom is 0.251 e. The molecule has 0 spiro atoms. The second-order valence-corrected chi connectivity index (χ2v) is 9.71. The van der Waals surface area contributed by atoms with Gasteiger partial charge in [-0.1, -0.05) is 17.7 Å². The van der Waals surface area contributed by atoms with Crippen molar-refractivity contribution in [2.24, 2.45) is 0 Å². The number of hydrogen-bond donors (Lipinski definition) is 1. The third-order valence-corrected chi connectivity index (χ3v) is 7.38. The molecule has 1 aliphatic rings. The first kappa shape index (κ1) is 23.6. The number of amides is 1. The molecule has 1 heterocycles. The van der Waals surface area contributed by atoms with Crippen molar-refractivity contribution < 1.29 is 22.3 Å². The van der Waals surface area contributed by atoms with Crippen LogP contribution in [0.3, 0.4) is 0 Å². The van der Waals surface area contributed by atoms with Crippen molar-refractivity contribution in [1.82, 2.24) is 14.5 Å². The van der Waals surface area contributed by atoms with E-state index in [1.807, 2.05) is 0 Å². The van der Waals surface area contributed by atoms with Crippen LogP contribution in [0.1, 0.15) is 22.0 Å². The monoisotopic (exact) mass is 469 g/mol.